The lowest BCUT2D eigenvalue weighted by Crippen LogP contribution is -2.42. The molecule has 0 atom stereocenters. The summed E-state index contributed by atoms with van der Waals surface area (Å²) in [7, 11) is 3.69. The molecule has 2 N–H and O–H groups in total. The smallest absolute Gasteiger partial charge is 0.123 e. The molecule has 0 radical (unpaired) electrons. The molecular weight excluding hydrogens is 226 g/mol. The van der Waals surface area contributed by atoms with Crippen molar-refractivity contribution < 1.29 is 4.74 Å². The second-order valence-corrected chi connectivity index (χ2v) is 4.70. The predicted molar refractivity (Wildman–Crippen MR) is 73.9 cm³/mol. The van der Waals surface area contributed by atoms with Crippen LogP contribution in [0.2, 0.25) is 0 Å². The average molecular weight is 249 g/mol. The summed E-state index contributed by atoms with van der Waals surface area (Å²) in [5, 5.41) is 6.54. The van der Waals surface area contributed by atoms with Crippen molar-refractivity contribution in [2.24, 2.45) is 0 Å². The van der Waals surface area contributed by atoms with Gasteiger partial charge >= 0.3 is 0 Å². The Morgan fingerprint density at radius 2 is 2.11 bits per heavy atom. The number of ether oxygens (including phenoxy) is 1. The minimum Gasteiger partial charge on any atom is -0.496 e. The van der Waals surface area contributed by atoms with Crippen LogP contribution in [-0.2, 0) is 13.1 Å². The van der Waals surface area contributed by atoms with E-state index in [4.69, 9.17) is 4.74 Å². The molecule has 100 valence electrons. The minimum absolute atomic E-state index is 0.844. The molecule has 2 rings (SSSR count). The molecular formula is C14H23N3O. The molecule has 0 saturated carbocycles. The number of hydrogen-bond acceptors (Lipinski definition) is 4. The SMILES string of the molecule is CNCc1ccc(CN2CCNCC2)cc1OC. The first-order valence-electron chi connectivity index (χ1n) is 6.57. The molecule has 4 heteroatoms. The van der Waals surface area contributed by atoms with Crippen LogP contribution in [0.4, 0.5) is 0 Å². The highest BCUT2D eigenvalue weighted by Crippen LogP contribution is 2.21. The fraction of sp³-hybridized carbons (Fsp3) is 0.571. The van der Waals surface area contributed by atoms with Crippen LogP contribution < -0.4 is 15.4 Å². The maximum absolute atomic E-state index is 5.46. The van der Waals surface area contributed by atoms with E-state index in [1.807, 2.05) is 7.05 Å². The third-order valence-corrected chi connectivity index (χ3v) is 3.33. The molecule has 18 heavy (non-hydrogen) atoms. The van der Waals surface area contributed by atoms with Crippen molar-refractivity contribution in [3.05, 3.63) is 29.3 Å². The van der Waals surface area contributed by atoms with Gasteiger partial charge in [-0.2, -0.15) is 0 Å². The van der Waals surface area contributed by atoms with Crippen LogP contribution in [-0.4, -0.2) is 45.2 Å². The molecule has 1 aromatic rings. The molecule has 1 aromatic carbocycles. The van der Waals surface area contributed by atoms with Crippen molar-refractivity contribution in [2.45, 2.75) is 13.1 Å². The van der Waals surface area contributed by atoms with E-state index in [1.165, 1.54) is 11.1 Å². The first-order valence-corrected chi connectivity index (χ1v) is 6.57. The van der Waals surface area contributed by atoms with E-state index in [2.05, 4.69) is 33.7 Å². The zero-order valence-electron chi connectivity index (χ0n) is 11.3. The van der Waals surface area contributed by atoms with Gasteiger partial charge in [0, 0.05) is 44.8 Å². The van der Waals surface area contributed by atoms with Gasteiger partial charge in [0.2, 0.25) is 0 Å². The average Bonchev–Trinajstić information content (AvgIpc) is 2.42. The molecule has 0 amide bonds. The van der Waals surface area contributed by atoms with Crippen molar-refractivity contribution in [1.29, 1.82) is 0 Å². The van der Waals surface area contributed by atoms with E-state index in [9.17, 15) is 0 Å². The fourth-order valence-corrected chi connectivity index (χ4v) is 2.35. The molecule has 1 aliphatic rings. The van der Waals surface area contributed by atoms with Crippen LogP contribution >= 0.6 is 0 Å². The van der Waals surface area contributed by atoms with Crippen molar-refractivity contribution in [2.75, 3.05) is 40.3 Å². The number of piperazine rings is 1. The van der Waals surface area contributed by atoms with Crippen LogP contribution in [0.25, 0.3) is 0 Å². The van der Waals surface area contributed by atoms with Gasteiger partial charge < -0.3 is 15.4 Å². The van der Waals surface area contributed by atoms with Gasteiger partial charge in [-0.1, -0.05) is 12.1 Å². The molecule has 0 bridgehead atoms. The van der Waals surface area contributed by atoms with E-state index in [0.29, 0.717) is 0 Å². The maximum atomic E-state index is 5.46. The van der Waals surface area contributed by atoms with E-state index >= 15 is 0 Å². The molecule has 0 unspecified atom stereocenters. The zero-order chi connectivity index (χ0) is 12.8. The number of nitrogens with one attached hydrogen (secondary N) is 2. The van der Waals surface area contributed by atoms with Gasteiger partial charge in [-0.25, -0.2) is 0 Å². The van der Waals surface area contributed by atoms with Gasteiger partial charge in [0.1, 0.15) is 5.75 Å². The molecule has 0 aliphatic carbocycles. The van der Waals surface area contributed by atoms with E-state index in [-0.39, 0.29) is 0 Å². The van der Waals surface area contributed by atoms with Crippen LogP contribution in [0.15, 0.2) is 18.2 Å². The Bertz CT molecular complexity index is 375. The molecule has 1 saturated heterocycles. The Labute approximate surface area is 109 Å². The zero-order valence-corrected chi connectivity index (χ0v) is 11.3. The normalized spacial score (nSPS) is 16.8. The summed E-state index contributed by atoms with van der Waals surface area (Å²) in [6, 6.07) is 6.53. The van der Waals surface area contributed by atoms with Crippen LogP contribution in [0.3, 0.4) is 0 Å². The highest BCUT2D eigenvalue weighted by molar-refractivity contribution is 5.37. The Morgan fingerprint density at radius 3 is 2.78 bits per heavy atom. The first kappa shape index (κ1) is 13.3. The summed E-state index contributed by atoms with van der Waals surface area (Å²) in [6.07, 6.45) is 0. The minimum atomic E-state index is 0.844. The standard InChI is InChI=1S/C14H23N3O/c1-15-10-13-4-3-12(9-14(13)18-2)11-17-7-5-16-6-8-17/h3-4,9,15-16H,5-8,10-11H2,1-2H3. The lowest BCUT2D eigenvalue weighted by Gasteiger charge is -2.27. The molecule has 4 nitrogen and oxygen atoms in total. The Hall–Kier alpha value is -1.10. The van der Waals surface area contributed by atoms with Crippen LogP contribution in [0, 0.1) is 0 Å². The number of benzene rings is 1. The maximum Gasteiger partial charge on any atom is 0.123 e. The Kier molecular flexibility index (Phi) is 4.99. The Balaban J connectivity index is 2.04. The van der Waals surface area contributed by atoms with Gasteiger partial charge in [0.25, 0.3) is 0 Å². The molecule has 0 aromatic heterocycles. The fourth-order valence-electron chi connectivity index (χ4n) is 2.35. The van der Waals surface area contributed by atoms with E-state index < -0.39 is 0 Å². The van der Waals surface area contributed by atoms with Crippen molar-refractivity contribution in [3.8, 4) is 5.75 Å². The second kappa shape index (κ2) is 6.73. The monoisotopic (exact) mass is 249 g/mol. The first-order chi connectivity index (χ1) is 8.83. The predicted octanol–water partition coefficient (Wildman–Crippen LogP) is 0.820. The van der Waals surface area contributed by atoms with Crippen molar-refractivity contribution >= 4 is 0 Å². The topological polar surface area (TPSA) is 36.5 Å². The van der Waals surface area contributed by atoms with E-state index in [0.717, 1.165) is 45.0 Å². The summed E-state index contributed by atoms with van der Waals surface area (Å²) in [5.74, 6) is 0.983. The number of nitrogens with zero attached hydrogens (tertiary/aromatic N) is 1. The van der Waals surface area contributed by atoms with Gasteiger partial charge in [-0.05, 0) is 18.7 Å². The van der Waals surface area contributed by atoms with Crippen LogP contribution in [0.5, 0.6) is 5.75 Å². The lowest BCUT2D eigenvalue weighted by atomic mass is 10.1. The number of methoxy groups -OCH3 is 1. The quantitative estimate of drug-likeness (QED) is 0.810. The van der Waals surface area contributed by atoms with Gasteiger partial charge in [-0.15, -0.1) is 0 Å². The summed E-state index contributed by atoms with van der Waals surface area (Å²) >= 11 is 0. The van der Waals surface area contributed by atoms with Crippen LogP contribution in [0.1, 0.15) is 11.1 Å². The molecule has 1 fully saturated rings. The summed E-state index contributed by atoms with van der Waals surface area (Å²) < 4.78 is 5.46. The van der Waals surface area contributed by atoms with Gasteiger partial charge in [0.05, 0.1) is 7.11 Å². The summed E-state index contributed by atoms with van der Waals surface area (Å²) in [6.45, 7) is 6.29. The third-order valence-electron chi connectivity index (χ3n) is 3.33. The largest absolute Gasteiger partial charge is 0.496 e. The summed E-state index contributed by atoms with van der Waals surface area (Å²) in [4.78, 5) is 2.48. The highest BCUT2D eigenvalue weighted by Gasteiger charge is 2.11. The third kappa shape index (κ3) is 3.45. The Morgan fingerprint density at radius 1 is 1.33 bits per heavy atom. The second-order valence-electron chi connectivity index (χ2n) is 4.70. The summed E-state index contributed by atoms with van der Waals surface area (Å²) in [5.41, 5.74) is 2.54. The highest BCUT2D eigenvalue weighted by atomic mass is 16.5. The van der Waals surface area contributed by atoms with Gasteiger partial charge in [-0.3, -0.25) is 4.90 Å². The molecule has 1 heterocycles. The molecule has 1 aliphatic heterocycles. The number of rotatable bonds is 5. The van der Waals surface area contributed by atoms with Crippen molar-refractivity contribution in [1.82, 2.24) is 15.5 Å². The lowest BCUT2D eigenvalue weighted by molar-refractivity contribution is 0.233. The van der Waals surface area contributed by atoms with E-state index in [1.54, 1.807) is 7.11 Å². The number of hydrogen-bond donors (Lipinski definition) is 2. The van der Waals surface area contributed by atoms with Crippen molar-refractivity contribution in [3.63, 3.8) is 0 Å². The molecule has 0 spiro atoms. The van der Waals surface area contributed by atoms with Gasteiger partial charge in [0.15, 0.2) is 0 Å².